The topological polar surface area (TPSA) is 45.7 Å². The van der Waals surface area contributed by atoms with Crippen LogP contribution >= 0.6 is 35.7 Å². The lowest BCUT2D eigenvalue weighted by Gasteiger charge is -2.11. The van der Waals surface area contributed by atoms with E-state index >= 15 is 0 Å². The van der Waals surface area contributed by atoms with Gasteiger partial charge in [0.2, 0.25) is 0 Å². The fourth-order valence-electron chi connectivity index (χ4n) is 1.75. The van der Waals surface area contributed by atoms with Gasteiger partial charge in [-0.2, -0.15) is 11.8 Å². The van der Waals surface area contributed by atoms with Crippen LogP contribution in [0.5, 0.6) is 0 Å². The summed E-state index contributed by atoms with van der Waals surface area (Å²) >= 11 is 1.86. The Bertz CT molecular complexity index is 390. The van der Waals surface area contributed by atoms with E-state index in [1.807, 2.05) is 30.0 Å². The third-order valence-electron chi connectivity index (χ3n) is 2.77. The summed E-state index contributed by atoms with van der Waals surface area (Å²) in [7, 11) is 0. The average molecular weight is 437 g/mol. The van der Waals surface area contributed by atoms with Crippen molar-refractivity contribution >= 4 is 41.7 Å². The molecule has 0 aliphatic rings. The molecule has 0 aromatic heterocycles. The van der Waals surface area contributed by atoms with Gasteiger partial charge in [-0.3, -0.25) is 4.99 Å². The zero-order valence-corrected chi connectivity index (χ0v) is 16.7. The maximum Gasteiger partial charge on any atom is 0.191 e. The molecule has 2 N–H and O–H groups in total. The summed E-state index contributed by atoms with van der Waals surface area (Å²) < 4.78 is 5.64. The van der Waals surface area contributed by atoms with Crippen molar-refractivity contribution in [2.45, 2.75) is 20.0 Å². The Labute approximate surface area is 155 Å². The van der Waals surface area contributed by atoms with Gasteiger partial charge in [0.05, 0.1) is 13.2 Å². The predicted molar refractivity (Wildman–Crippen MR) is 108 cm³/mol. The van der Waals surface area contributed by atoms with Crippen molar-refractivity contribution in [2.24, 2.45) is 4.99 Å². The van der Waals surface area contributed by atoms with E-state index in [0.29, 0.717) is 13.2 Å². The predicted octanol–water partition coefficient (Wildman–Crippen LogP) is 3.13. The first-order valence-corrected chi connectivity index (χ1v) is 8.89. The van der Waals surface area contributed by atoms with Crippen molar-refractivity contribution in [2.75, 3.05) is 38.2 Å². The molecule has 126 valence electrons. The monoisotopic (exact) mass is 437 g/mol. The SMILES string of the molecule is CCNC(=NCCCSC)NCCOCc1ccccc1.I. The average Bonchev–Trinajstić information content (AvgIpc) is 2.52. The maximum absolute atomic E-state index is 5.64. The first-order valence-electron chi connectivity index (χ1n) is 7.49. The highest BCUT2D eigenvalue weighted by Crippen LogP contribution is 1.99. The van der Waals surface area contributed by atoms with Crippen LogP contribution in [0.1, 0.15) is 18.9 Å². The molecule has 0 aliphatic heterocycles. The minimum atomic E-state index is 0. The molecule has 0 heterocycles. The Morgan fingerprint density at radius 1 is 1.23 bits per heavy atom. The second kappa shape index (κ2) is 15.4. The molecule has 1 aromatic rings. The minimum absolute atomic E-state index is 0. The van der Waals surface area contributed by atoms with E-state index in [4.69, 9.17) is 4.74 Å². The molecule has 0 radical (unpaired) electrons. The number of benzene rings is 1. The third kappa shape index (κ3) is 11.1. The molecule has 0 saturated heterocycles. The van der Waals surface area contributed by atoms with E-state index in [9.17, 15) is 0 Å². The van der Waals surface area contributed by atoms with Gasteiger partial charge in [0.1, 0.15) is 0 Å². The van der Waals surface area contributed by atoms with Crippen molar-refractivity contribution in [3.05, 3.63) is 35.9 Å². The molecule has 0 fully saturated rings. The normalized spacial score (nSPS) is 10.9. The standard InChI is InChI=1S/C16H27N3OS.HI/c1-3-17-16(18-10-7-13-21-2)19-11-12-20-14-15-8-5-4-6-9-15;/h4-6,8-9H,3,7,10-14H2,1-2H3,(H2,17,18,19);1H. The van der Waals surface area contributed by atoms with Crippen LogP contribution < -0.4 is 10.6 Å². The van der Waals surface area contributed by atoms with Crippen LogP contribution in [-0.4, -0.2) is 44.2 Å². The summed E-state index contributed by atoms with van der Waals surface area (Å²) in [6, 6.07) is 10.2. The van der Waals surface area contributed by atoms with Crippen LogP contribution in [0.4, 0.5) is 0 Å². The van der Waals surface area contributed by atoms with Crippen LogP contribution in [0, 0.1) is 0 Å². The summed E-state index contributed by atoms with van der Waals surface area (Å²) in [6.45, 7) is 5.90. The van der Waals surface area contributed by atoms with E-state index in [1.165, 1.54) is 5.56 Å². The first kappa shape index (κ1) is 21.5. The highest BCUT2D eigenvalue weighted by atomic mass is 127. The van der Waals surface area contributed by atoms with Gasteiger partial charge >= 0.3 is 0 Å². The van der Waals surface area contributed by atoms with Crippen molar-refractivity contribution in [3.8, 4) is 0 Å². The number of hydrogen-bond acceptors (Lipinski definition) is 3. The fourth-order valence-corrected chi connectivity index (χ4v) is 2.17. The second-order valence-electron chi connectivity index (χ2n) is 4.57. The minimum Gasteiger partial charge on any atom is -0.375 e. The van der Waals surface area contributed by atoms with Gasteiger partial charge in [-0.05, 0) is 30.9 Å². The summed E-state index contributed by atoms with van der Waals surface area (Å²) in [5.41, 5.74) is 1.20. The van der Waals surface area contributed by atoms with Crippen molar-refractivity contribution < 1.29 is 4.74 Å². The lowest BCUT2D eigenvalue weighted by atomic mass is 10.2. The molecular formula is C16H28IN3OS. The molecule has 6 heteroatoms. The lowest BCUT2D eigenvalue weighted by molar-refractivity contribution is 0.125. The molecule has 0 spiro atoms. The lowest BCUT2D eigenvalue weighted by Crippen LogP contribution is -2.39. The molecule has 0 atom stereocenters. The van der Waals surface area contributed by atoms with Crippen molar-refractivity contribution in [1.29, 1.82) is 0 Å². The smallest absolute Gasteiger partial charge is 0.191 e. The highest BCUT2D eigenvalue weighted by molar-refractivity contribution is 14.0. The van der Waals surface area contributed by atoms with Gasteiger partial charge < -0.3 is 15.4 Å². The Balaban J connectivity index is 0.00000441. The Morgan fingerprint density at radius 3 is 2.68 bits per heavy atom. The largest absolute Gasteiger partial charge is 0.375 e. The molecule has 1 rings (SSSR count). The molecule has 4 nitrogen and oxygen atoms in total. The van der Waals surface area contributed by atoms with Crippen LogP contribution in [-0.2, 0) is 11.3 Å². The third-order valence-corrected chi connectivity index (χ3v) is 3.47. The summed E-state index contributed by atoms with van der Waals surface area (Å²) in [6.07, 6.45) is 3.24. The van der Waals surface area contributed by atoms with Crippen LogP contribution in [0.2, 0.25) is 0 Å². The van der Waals surface area contributed by atoms with Gasteiger partial charge in [-0.15, -0.1) is 24.0 Å². The second-order valence-corrected chi connectivity index (χ2v) is 5.56. The molecule has 0 amide bonds. The van der Waals surface area contributed by atoms with Crippen molar-refractivity contribution in [3.63, 3.8) is 0 Å². The number of halogens is 1. The van der Waals surface area contributed by atoms with Gasteiger partial charge in [0.25, 0.3) is 0 Å². The fraction of sp³-hybridized carbons (Fsp3) is 0.562. The quantitative estimate of drug-likeness (QED) is 0.256. The Kier molecular flexibility index (Phi) is 15.1. The molecule has 0 unspecified atom stereocenters. The van der Waals surface area contributed by atoms with E-state index in [-0.39, 0.29) is 24.0 Å². The zero-order valence-electron chi connectivity index (χ0n) is 13.5. The Hall–Kier alpha value is -0.470. The van der Waals surface area contributed by atoms with E-state index in [1.54, 1.807) is 0 Å². The molecular weight excluding hydrogens is 409 g/mol. The number of hydrogen-bond donors (Lipinski definition) is 2. The number of nitrogens with zero attached hydrogens (tertiary/aromatic N) is 1. The maximum atomic E-state index is 5.64. The molecule has 0 aliphatic carbocycles. The molecule has 1 aromatic carbocycles. The van der Waals surface area contributed by atoms with Crippen LogP contribution in [0.15, 0.2) is 35.3 Å². The van der Waals surface area contributed by atoms with Gasteiger partial charge in [-0.1, -0.05) is 30.3 Å². The van der Waals surface area contributed by atoms with Gasteiger partial charge in [-0.25, -0.2) is 0 Å². The van der Waals surface area contributed by atoms with E-state index in [0.717, 1.165) is 37.8 Å². The first-order chi connectivity index (χ1) is 10.4. The van der Waals surface area contributed by atoms with Gasteiger partial charge in [0.15, 0.2) is 5.96 Å². The summed E-state index contributed by atoms with van der Waals surface area (Å²) in [4.78, 5) is 4.53. The number of rotatable bonds is 10. The van der Waals surface area contributed by atoms with E-state index < -0.39 is 0 Å². The zero-order chi connectivity index (χ0) is 15.2. The van der Waals surface area contributed by atoms with Crippen LogP contribution in [0.3, 0.4) is 0 Å². The van der Waals surface area contributed by atoms with E-state index in [2.05, 4.69) is 40.9 Å². The number of nitrogens with one attached hydrogen (secondary N) is 2. The van der Waals surface area contributed by atoms with Crippen LogP contribution in [0.25, 0.3) is 0 Å². The number of aliphatic imine (C=N–C) groups is 1. The number of guanidine groups is 1. The number of ether oxygens (including phenoxy) is 1. The van der Waals surface area contributed by atoms with Gasteiger partial charge in [0, 0.05) is 19.6 Å². The summed E-state index contributed by atoms with van der Waals surface area (Å²) in [5.74, 6) is 2.03. The highest BCUT2D eigenvalue weighted by Gasteiger charge is 1.97. The number of thioether (sulfide) groups is 1. The molecule has 0 saturated carbocycles. The summed E-state index contributed by atoms with van der Waals surface area (Å²) in [5, 5.41) is 6.54. The van der Waals surface area contributed by atoms with Crippen molar-refractivity contribution in [1.82, 2.24) is 10.6 Å². The Morgan fingerprint density at radius 2 is 2.00 bits per heavy atom. The molecule has 0 bridgehead atoms. The molecule has 22 heavy (non-hydrogen) atoms.